The van der Waals surface area contributed by atoms with Crippen molar-refractivity contribution in [3.8, 4) is 0 Å². The second-order valence-electron chi connectivity index (χ2n) is 2.81. The number of rotatable bonds is 1. The summed E-state index contributed by atoms with van der Waals surface area (Å²) in [6.45, 7) is 0. The number of thiocarbonyl (C=S) groups is 1. The molecule has 1 heterocycles. The minimum absolute atomic E-state index is 0.389. The van der Waals surface area contributed by atoms with Crippen LogP contribution in [0.15, 0.2) is 24.4 Å². The summed E-state index contributed by atoms with van der Waals surface area (Å²) in [6.07, 6.45) is 1.89. The Morgan fingerprint density at radius 1 is 1.50 bits per heavy atom. The number of hydrazine groups is 1. The van der Waals surface area contributed by atoms with E-state index in [9.17, 15) is 0 Å². The van der Waals surface area contributed by atoms with Gasteiger partial charge < -0.3 is 10.7 Å². The Bertz CT molecular complexity index is 463. The van der Waals surface area contributed by atoms with Crippen LogP contribution in [0.5, 0.6) is 0 Å². The Morgan fingerprint density at radius 3 is 3.14 bits per heavy atom. The van der Waals surface area contributed by atoms with Crippen LogP contribution in [0.25, 0.3) is 10.9 Å². The van der Waals surface area contributed by atoms with Crippen molar-refractivity contribution in [2.45, 2.75) is 0 Å². The van der Waals surface area contributed by atoms with Crippen molar-refractivity contribution >= 4 is 33.9 Å². The lowest BCUT2D eigenvalue weighted by Crippen LogP contribution is -2.34. The van der Waals surface area contributed by atoms with Crippen molar-refractivity contribution in [3.05, 3.63) is 24.4 Å². The van der Waals surface area contributed by atoms with Crippen LogP contribution in [-0.4, -0.2) is 10.2 Å². The fourth-order valence-corrected chi connectivity index (χ4v) is 1.34. The molecule has 72 valence electrons. The molecule has 0 aliphatic rings. The molecular weight excluding hydrogens is 198 g/mol. The van der Waals surface area contributed by atoms with E-state index in [4.69, 9.17) is 18.1 Å². The molecule has 0 radical (unpaired) electrons. The van der Waals surface area contributed by atoms with Crippen LogP contribution >= 0.6 is 12.2 Å². The van der Waals surface area contributed by atoms with Crippen molar-refractivity contribution < 1.29 is 5.10 Å². The highest BCUT2D eigenvalue weighted by atomic mass is 32.1. The molecule has 1 aromatic carbocycles. The van der Waals surface area contributed by atoms with E-state index >= 15 is 0 Å². The lowest BCUT2D eigenvalue weighted by Gasteiger charge is -2.05. The molecule has 0 aliphatic heterocycles. The molecule has 0 bridgehead atoms. The van der Waals surface area contributed by atoms with Crippen molar-refractivity contribution in [2.24, 2.45) is 5.84 Å². The van der Waals surface area contributed by atoms with E-state index in [1.165, 1.54) is 0 Å². The highest BCUT2D eigenvalue weighted by Gasteiger charge is 2.01. The summed E-state index contributed by atoms with van der Waals surface area (Å²) in [5, 5.41) is 10.3. The van der Waals surface area contributed by atoms with Crippen LogP contribution < -0.4 is 21.7 Å². The van der Waals surface area contributed by atoms with Crippen LogP contribution in [0, 0.1) is 0 Å². The molecule has 6 N–H and O–H groups in total. The largest absolute Gasteiger partial charge is 0.332 e. The Balaban J connectivity index is 2.30. The van der Waals surface area contributed by atoms with Crippen LogP contribution in [0.1, 0.15) is 0 Å². The number of hydrogen-bond acceptors (Lipinski definition) is 2. The minimum atomic E-state index is 0.389. The Morgan fingerprint density at radius 2 is 2.36 bits per heavy atom. The predicted molar refractivity (Wildman–Crippen MR) is 58.4 cm³/mol. The zero-order valence-electron chi connectivity index (χ0n) is 7.29. The van der Waals surface area contributed by atoms with Crippen LogP contribution in [0.2, 0.25) is 0 Å². The number of hydrogen-bond donors (Lipinski definition) is 4. The van der Waals surface area contributed by atoms with Gasteiger partial charge in [-0.05, 0) is 30.4 Å². The first-order valence-corrected chi connectivity index (χ1v) is 4.47. The maximum Gasteiger partial charge on any atom is 0.200 e. The molecule has 0 atom stereocenters. The number of H-pyrrole nitrogens is 2. The minimum Gasteiger partial charge on any atom is -0.332 e. The van der Waals surface area contributed by atoms with E-state index in [0.29, 0.717) is 5.11 Å². The molecule has 6 heteroatoms. The fraction of sp³-hybridized carbons (Fsp3) is 0. The second-order valence-corrected chi connectivity index (χ2v) is 3.22. The van der Waals surface area contributed by atoms with Gasteiger partial charge in [0.1, 0.15) is 5.52 Å². The molecule has 0 amide bonds. The summed E-state index contributed by atoms with van der Waals surface area (Å²) in [6, 6.07) is 5.84. The molecule has 14 heavy (non-hydrogen) atoms. The van der Waals surface area contributed by atoms with Gasteiger partial charge in [0.25, 0.3) is 0 Å². The molecule has 5 nitrogen and oxygen atoms in total. The van der Waals surface area contributed by atoms with Crippen LogP contribution in [0.4, 0.5) is 5.69 Å². The van der Waals surface area contributed by atoms with Gasteiger partial charge >= 0.3 is 0 Å². The normalized spacial score (nSPS) is 10.1. The standard InChI is InChI=1S/C8H9N5S/c9-12-8(14)11-6-2-1-5-4-10-13-7(5)3-6/h1-4H,9H2,(H,10,13)(H2,11,12,14)/p+1. The smallest absolute Gasteiger partial charge is 0.200 e. The third-order valence-corrected chi connectivity index (χ3v) is 2.10. The Hall–Kier alpha value is -1.66. The van der Waals surface area contributed by atoms with E-state index in [1.807, 2.05) is 24.4 Å². The van der Waals surface area contributed by atoms with Gasteiger partial charge in [-0.2, -0.15) is 5.10 Å². The molecule has 0 spiro atoms. The predicted octanol–water partition coefficient (Wildman–Crippen LogP) is 0.142. The molecule has 1 aromatic heterocycles. The second kappa shape index (κ2) is 3.60. The quantitative estimate of drug-likeness (QED) is 0.305. The SMILES string of the molecule is NNC(=S)Nc1ccc2c[nH+][nH]c2c1. The van der Waals surface area contributed by atoms with E-state index in [2.05, 4.69) is 20.9 Å². The van der Waals surface area contributed by atoms with Crippen LogP contribution in [0.3, 0.4) is 0 Å². The van der Waals surface area contributed by atoms with E-state index in [0.717, 1.165) is 16.6 Å². The lowest BCUT2D eigenvalue weighted by molar-refractivity contribution is -0.446. The zero-order valence-corrected chi connectivity index (χ0v) is 8.11. The van der Waals surface area contributed by atoms with Crippen molar-refractivity contribution in [3.63, 3.8) is 0 Å². The number of nitrogens with one attached hydrogen (secondary N) is 4. The number of nitrogens with two attached hydrogens (primary N) is 1. The van der Waals surface area contributed by atoms with Gasteiger partial charge in [-0.1, -0.05) is 0 Å². The van der Waals surface area contributed by atoms with Gasteiger partial charge in [0.2, 0.25) is 6.20 Å². The summed E-state index contributed by atoms with van der Waals surface area (Å²) in [5.41, 5.74) is 4.25. The number of fused-ring (bicyclic) bond motifs is 1. The van der Waals surface area contributed by atoms with E-state index < -0.39 is 0 Å². The van der Waals surface area contributed by atoms with Gasteiger partial charge in [-0.25, -0.2) is 5.84 Å². The number of benzene rings is 1. The third-order valence-electron chi connectivity index (χ3n) is 1.88. The third kappa shape index (κ3) is 1.66. The van der Waals surface area contributed by atoms with E-state index in [-0.39, 0.29) is 0 Å². The molecular formula is C8H10N5S+. The maximum atomic E-state index is 5.14. The Kier molecular flexibility index (Phi) is 2.30. The van der Waals surface area contributed by atoms with Crippen molar-refractivity contribution in [2.75, 3.05) is 5.32 Å². The molecule has 0 saturated carbocycles. The topological polar surface area (TPSA) is 80.0 Å². The highest BCUT2D eigenvalue weighted by molar-refractivity contribution is 7.80. The van der Waals surface area contributed by atoms with Crippen molar-refractivity contribution in [1.29, 1.82) is 0 Å². The highest BCUT2D eigenvalue weighted by Crippen LogP contribution is 2.15. The summed E-state index contributed by atoms with van der Waals surface area (Å²) >= 11 is 4.87. The first-order chi connectivity index (χ1) is 6.79. The zero-order chi connectivity index (χ0) is 9.97. The van der Waals surface area contributed by atoms with Gasteiger partial charge in [-0.15, -0.1) is 5.10 Å². The first kappa shape index (κ1) is 8.92. The average Bonchev–Trinajstić information content (AvgIpc) is 2.64. The fourth-order valence-electron chi connectivity index (χ4n) is 1.23. The summed E-state index contributed by atoms with van der Waals surface area (Å²) in [4.78, 5) is 0. The maximum absolute atomic E-state index is 5.14. The molecule has 2 aromatic rings. The first-order valence-electron chi connectivity index (χ1n) is 4.06. The van der Waals surface area contributed by atoms with Crippen LogP contribution in [-0.2, 0) is 0 Å². The summed E-state index contributed by atoms with van der Waals surface area (Å²) in [5.74, 6) is 5.14. The molecule has 0 saturated heterocycles. The molecule has 2 rings (SSSR count). The van der Waals surface area contributed by atoms with Gasteiger partial charge in [-0.3, -0.25) is 0 Å². The van der Waals surface area contributed by atoms with Crippen molar-refractivity contribution in [1.82, 2.24) is 10.5 Å². The van der Waals surface area contributed by atoms with Gasteiger partial charge in [0.05, 0.1) is 5.39 Å². The molecule has 0 aliphatic carbocycles. The van der Waals surface area contributed by atoms with E-state index in [1.54, 1.807) is 0 Å². The molecule has 0 unspecified atom stereocenters. The number of aromatic amines is 2. The lowest BCUT2D eigenvalue weighted by atomic mass is 10.2. The average molecular weight is 208 g/mol. The summed E-state index contributed by atoms with van der Waals surface area (Å²) in [7, 11) is 0. The number of aromatic nitrogens is 2. The molecule has 0 fully saturated rings. The monoisotopic (exact) mass is 208 g/mol. The van der Waals surface area contributed by atoms with Gasteiger partial charge in [0.15, 0.2) is 5.11 Å². The van der Waals surface area contributed by atoms with Gasteiger partial charge in [0, 0.05) is 5.69 Å². The summed E-state index contributed by atoms with van der Waals surface area (Å²) < 4.78 is 0. The number of anilines is 1. The Labute approximate surface area is 85.6 Å².